The van der Waals surface area contributed by atoms with Crippen molar-refractivity contribution in [3.8, 4) is 6.07 Å². The summed E-state index contributed by atoms with van der Waals surface area (Å²) in [6.45, 7) is 11.5. The van der Waals surface area contributed by atoms with Crippen molar-refractivity contribution in [1.82, 2.24) is 4.90 Å². The van der Waals surface area contributed by atoms with Crippen LogP contribution < -0.4 is 0 Å². The van der Waals surface area contributed by atoms with E-state index in [2.05, 4.69) is 24.8 Å². The van der Waals surface area contributed by atoms with Crippen LogP contribution in [0.2, 0.25) is 0 Å². The fourth-order valence-corrected chi connectivity index (χ4v) is 1.03. The van der Waals surface area contributed by atoms with Gasteiger partial charge in [0.2, 0.25) is 0 Å². The van der Waals surface area contributed by atoms with Gasteiger partial charge in [-0.05, 0) is 39.9 Å². The Morgan fingerprint density at radius 3 is 2.08 bits per heavy atom. The second kappa shape index (κ2) is 5.16. The molecule has 0 N–H and O–H groups in total. The summed E-state index contributed by atoms with van der Waals surface area (Å²) in [4.78, 5) is 2.35. The minimum Gasteiger partial charge on any atom is -0.304 e. The molecule has 0 radical (unpaired) electrons. The van der Waals surface area contributed by atoms with Gasteiger partial charge in [-0.2, -0.15) is 5.26 Å². The smallest absolute Gasteiger partial charge is 0.0684 e. The molecule has 0 rings (SSSR count). The van der Waals surface area contributed by atoms with Crippen molar-refractivity contribution >= 4 is 0 Å². The van der Waals surface area contributed by atoms with E-state index in [9.17, 15) is 0 Å². The second-order valence-electron chi connectivity index (χ2n) is 3.77. The Labute approximate surface area is 76.2 Å². The second-order valence-corrected chi connectivity index (χ2v) is 3.77. The van der Waals surface area contributed by atoms with Gasteiger partial charge in [0.1, 0.15) is 0 Å². The first-order chi connectivity index (χ1) is 5.55. The van der Waals surface area contributed by atoms with Crippen LogP contribution >= 0.6 is 0 Å². The number of nitrogens with zero attached hydrogens (tertiary/aromatic N) is 2. The highest BCUT2D eigenvalue weighted by Gasteiger charge is 2.16. The highest BCUT2D eigenvalue weighted by molar-refractivity contribution is 4.91. The summed E-state index contributed by atoms with van der Waals surface area (Å²) in [6.07, 6.45) is 0.963. The van der Waals surface area contributed by atoms with Crippen LogP contribution in [-0.4, -0.2) is 24.5 Å². The third-order valence-electron chi connectivity index (χ3n) is 2.25. The van der Waals surface area contributed by atoms with Crippen LogP contribution in [-0.2, 0) is 0 Å². The normalized spacial score (nSPS) is 11.7. The van der Waals surface area contributed by atoms with Crippen molar-refractivity contribution in [1.29, 1.82) is 5.26 Å². The van der Waals surface area contributed by atoms with Crippen LogP contribution in [0.15, 0.2) is 0 Å². The molecule has 0 aromatic rings. The lowest BCUT2D eigenvalue weighted by Crippen LogP contribution is -2.27. The number of nitriles is 1. The molecule has 0 saturated heterocycles. The van der Waals surface area contributed by atoms with Crippen LogP contribution in [0.5, 0.6) is 0 Å². The topological polar surface area (TPSA) is 27.0 Å². The Bertz CT molecular complexity index is 152. The van der Waals surface area contributed by atoms with Gasteiger partial charge in [-0.3, -0.25) is 0 Å². The van der Waals surface area contributed by atoms with E-state index < -0.39 is 0 Å². The Kier molecular flexibility index (Phi) is 4.92. The molecule has 0 aliphatic carbocycles. The van der Waals surface area contributed by atoms with E-state index >= 15 is 0 Å². The van der Waals surface area contributed by atoms with Gasteiger partial charge in [0.25, 0.3) is 0 Å². The summed E-state index contributed by atoms with van der Waals surface area (Å²) in [6, 6.07) is 2.32. The Balaban J connectivity index is 3.75. The average Bonchev–Trinajstić information content (AvgIpc) is 2.06. The van der Waals surface area contributed by atoms with Crippen molar-refractivity contribution in [2.75, 3.05) is 19.6 Å². The van der Waals surface area contributed by atoms with Crippen LogP contribution in [0.25, 0.3) is 0 Å². The van der Waals surface area contributed by atoms with E-state index in [0.717, 1.165) is 26.1 Å². The molecule has 0 aliphatic heterocycles. The lowest BCUT2D eigenvalue weighted by atomic mass is 9.91. The molecule has 0 fully saturated rings. The van der Waals surface area contributed by atoms with Crippen LogP contribution in [0.1, 0.15) is 34.1 Å². The number of hydrogen-bond acceptors (Lipinski definition) is 2. The summed E-state index contributed by atoms with van der Waals surface area (Å²) in [7, 11) is 0. The van der Waals surface area contributed by atoms with Gasteiger partial charge in [-0.25, -0.2) is 0 Å². The zero-order valence-electron chi connectivity index (χ0n) is 8.72. The molecule has 12 heavy (non-hydrogen) atoms. The minimum absolute atomic E-state index is 0.164. The standard InChI is InChI=1S/C10H20N2/c1-5-12(6-2)8-7-10(3,4)9-11/h5-8H2,1-4H3. The van der Waals surface area contributed by atoms with E-state index in [1.54, 1.807) is 0 Å². The van der Waals surface area contributed by atoms with Crippen molar-refractivity contribution in [3.63, 3.8) is 0 Å². The third-order valence-corrected chi connectivity index (χ3v) is 2.25. The Morgan fingerprint density at radius 1 is 1.25 bits per heavy atom. The number of hydrogen-bond donors (Lipinski definition) is 0. The highest BCUT2D eigenvalue weighted by Crippen LogP contribution is 2.18. The molecule has 0 spiro atoms. The molecule has 0 aromatic carbocycles. The Hall–Kier alpha value is -0.550. The van der Waals surface area contributed by atoms with E-state index in [-0.39, 0.29) is 5.41 Å². The maximum Gasteiger partial charge on any atom is 0.0684 e. The molecular weight excluding hydrogens is 148 g/mol. The van der Waals surface area contributed by atoms with Crippen molar-refractivity contribution < 1.29 is 0 Å². The quantitative estimate of drug-likeness (QED) is 0.629. The van der Waals surface area contributed by atoms with Gasteiger partial charge in [-0.15, -0.1) is 0 Å². The number of rotatable bonds is 5. The third kappa shape index (κ3) is 4.35. The molecule has 0 saturated carbocycles. The molecule has 2 heteroatoms. The SMILES string of the molecule is CCN(CC)CCC(C)(C)C#N. The van der Waals surface area contributed by atoms with Gasteiger partial charge >= 0.3 is 0 Å². The molecule has 0 unspecified atom stereocenters. The van der Waals surface area contributed by atoms with Crippen LogP contribution in [0.4, 0.5) is 0 Å². The molecule has 0 aliphatic rings. The zero-order valence-corrected chi connectivity index (χ0v) is 8.72. The summed E-state index contributed by atoms with van der Waals surface area (Å²) in [5.74, 6) is 0. The monoisotopic (exact) mass is 168 g/mol. The lowest BCUT2D eigenvalue weighted by molar-refractivity contribution is 0.264. The van der Waals surface area contributed by atoms with Crippen molar-refractivity contribution in [2.45, 2.75) is 34.1 Å². The van der Waals surface area contributed by atoms with E-state index in [4.69, 9.17) is 5.26 Å². The first kappa shape index (κ1) is 11.4. The molecular formula is C10H20N2. The minimum atomic E-state index is -0.164. The van der Waals surface area contributed by atoms with Crippen molar-refractivity contribution in [3.05, 3.63) is 0 Å². The van der Waals surface area contributed by atoms with Gasteiger partial charge in [0.05, 0.1) is 11.5 Å². The molecule has 0 heterocycles. The molecule has 0 amide bonds. The first-order valence-corrected chi connectivity index (χ1v) is 4.69. The molecule has 0 atom stereocenters. The maximum atomic E-state index is 8.78. The van der Waals surface area contributed by atoms with E-state index in [1.807, 2.05) is 13.8 Å². The van der Waals surface area contributed by atoms with Crippen molar-refractivity contribution in [2.24, 2.45) is 5.41 Å². The van der Waals surface area contributed by atoms with Gasteiger partial charge < -0.3 is 4.90 Å². The highest BCUT2D eigenvalue weighted by atomic mass is 15.1. The van der Waals surface area contributed by atoms with Gasteiger partial charge in [0.15, 0.2) is 0 Å². The predicted molar refractivity (Wildman–Crippen MR) is 51.8 cm³/mol. The molecule has 0 aromatic heterocycles. The summed E-state index contributed by atoms with van der Waals surface area (Å²) in [5, 5.41) is 8.78. The van der Waals surface area contributed by atoms with E-state index in [1.165, 1.54) is 0 Å². The Morgan fingerprint density at radius 2 is 1.75 bits per heavy atom. The summed E-state index contributed by atoms with van der Waals surface area (Å²) >= 11 is 0. The van der Waals surface area contributed by atoms with Gasteiger partial charge in [-0.1, -0.05) is 13.8 Å². The fourth-order valence-electron chi connectivity index (χ4n) is 1.03. The maximum absolute atomic E-state index is 8.78. The summed E-state index contributed by atoms with van der Waals surface area (Å²) in [5.41, 5.74) is -0.164. The largest absolute Gasteiger partial charge is 0.304 e. The molecule has 70 valence electrons. The molecule has 2 nitrogen and oxygen atoms in total. The fraction of sp³-hybridized carbons (Fsp3) is 0.900. The van der Waals surface area contributed by atoms with E-state index in [0.29, 0.717) is 0 Å². The average molecular weight is 168 g/mol. The van der Waals surface area contributed by atoms with Crippen LogP contribution in [0, 0.1) is 16.7 Å². The van der Waals surface area contributed by atoms with Crippen LogP contribution in [0.3, 0.4) is 0 Å². The van der Waals surface area contributed by atoms with Gasteiger partial charge in [0, 0.05) is 0 Å². The zero-order chi connectivity index (χ0) is 9.61. The molecule has 0 bridgehead atoms. The summed E-state index contributed by atoms with van der Waals surface area (Å²) < 4.78 is 0. The first-order valence-electron chi connectivity index (χ1n) is 4.69. The predicted octanol–water partition coefficient (Wildman–Crippen LogP) is 2.27. The lowest BCUT2D eigenvalue weighted by Gasteiger charge is -2.22.